The Hall–Kier alpha value is -0.710. The van der Waals surface area contributed by atoms with Gasteiger partial charge >= 0.3 is 0 Å². The molecule has 110 valence electrons. The van der Waals surface area contributed by atoms with Crippen LogP contribution in [0.4, 0.5) is 0 Å². The van der Waals surface area contributed by atoms with Crippen molar-refractivity contribution in [2.45, 2.75) is 31.9 Å². The van der Waals surface area contributed by atoms with Crippen LogP contribution in [0.25, 0.3) is 0 Å². The van der Waals surface area contributed by atoms with Crippen molar-refractivity contribution >= 4 is 11.8 Å². The summed E-state index contributed by atoms with van der Waals surface area (Å²) in [4.78, 5) is 0. The molecule has 2 aliphatic rings. The second-order valence-corrected chi connectivity index (χ2v) is 6.46. The number of hydrogen-bond donors (Lipinski definition) is 1. The zero-order valence-corrected chi connectivity index (χ0v) is 12.9. The Balaban J connectivity index is 1.90. The van der Waals surface area contributed by atoms with Gasteiger partial charge in [0.05, 0.1) is 25.4 Å². The molecule has 0 spiro atoms. The van der Waals surface area contributed by atoms with Crippen molar-refractivity contribution in [1.29, 1.82) is 0 Å². The van der Waals surface area contributed by atoms with E-state index in [0.717, 1.165) is 49.9 Å². The third-order valence-electron chi connectivity index (χ3n) is 3.94. The van der Waals surface area contributed by atoms with Crippen molar-refractivity contribution in [1.82, 2.24) is 5.32 Å². The molecule has 0 saturated carbocycles. The molecule has 4 heteroatoms. The van der Waals surface area contributed by atoms with E-state index in [2.05, 4.69) is 30.4 Å². The van der Waals surface area contributed by atoms with E-state index in [-0.39, 0.29) is 12.1 Å². The number of hydrogen-bond acceptors (Lipinski definition) is 4. The van der Waals surface area contributed by atoms with Crippen LogP contribution in [-0.4, -0.2) is 37.4 Å². The molecule has 0 bridgehead atoms. The van der Waals surface area contributed by atoms with Gasteiger partial charge in [0.2, 0.25) is 0 Å². The van der Waals surface area contributed by atoms with Crippen molar-refractivity contribution in [2.75, 3.05) is 31.3 Å². The molecule has 1 aromatic carbocycles. The number of fused-ring (bicyclic) bond motifs is 1. The van der Waals surface area contributed by atoms with E-state index in [4.69, 9.17) is 9.47 Å². The molecule has 3 nitrogen and oxygen atoms in total. The smallest absolute Gasteiger partial charge is 0.127 e. The summed E-state index contributed by atoms with van der Waals surface area (Å²) in [5.74, 6) is 3.27. The van der Waals surface area contributed by atoms with Gasteiger partial charge in [-0.05, 0) is 24.9 Å². The van der Waals surface area contributed by atoms with E-state index in [1.807, 2.05) is 11.8 Å². The highest BCUT2D eigenvalue weighted by Crippen LogP contribution is 2.36. The van der Waals surface area contributed by atoms with Crippen LogP contribution in [0, 0.1) is 0 Å². The molecule has 0 aliphatic carbocycles. The molecule has 0 aromatic heterocycles. The fourth-order valence-electron chi connectivity index (χ4n) is 3.02. The molecule has 2 unspecified atom stereocenters. The molecule has 1 saturated heterocycles. The average molecular weight is 293 g/mol. The van der Waals surface area contributed by atoms with Gasteiger partial charge in [-0.25, -0.2) is 0 Å². The van der Waals surface area contributed by atoms with Crippen LogP contribution in [0.3, 0.4) is 0 Å². The highest BCUT2D eigenvalue weighted by atomic mass is 32.2. The van der Waals surface area contributed by atoms with Crippen molar-refractivity contribution in [3.05, 3.63) is 29.3 Å². The van der Waals surface area contributed by atoms with Gasteiger partial charge in [-0.1, -0.05) is 25.1 Å². The van der Waals surface area contributed by atoms with E-state index in [1.165, 1.54) is 11.1 Å². The fraction of sp³-hybridized carbons (Fsp3) is 0.625. The Morgan fingerprint density at radius 2 is 2.35 bits per heavy atom. The number of para-hydroxylation sites is 1. The van der Waals surface area contributed by atoms with Crippen LogP contribution in [0.5, 0.6) is 5.75 Å². The minimum Gasteiger partial charge on any atom is -0.493 e. The Labute approximate surface area is 125 Å². The molecule has 0 amide bonds. The van der Waals surface area contributed by atoms with E-state index < -0.39 is 0 Å². The predicted octanol–water partition coefficient (Wildman–Crippen LogP) is 2.79. The van der Waals surface area contributed by atoms with Crippen LogP contribution >= 0.6 is 11.8 Å². The largest absolute Gasteiger partial charge is 0.493 e. The van der Waals surface area contributed by atoms with E-state index in [1.54, 1.807) is 0 Å². The Morgan fingerprint density at radius 1 is 1.40 bits per heavy atom. The molecule has 0 radical (unpaired) electrons. The summed E-state index contributed by atoms with van der Waals surface area (Å²) in [5.41, 5.74) is 2.62. The highest BCUT2D eigenvalue weighted by molar-refractivity contribution is 7.99. The maximum atomic E-state index is 6.00. The number of likely N-dealkylation sites (N-methyl/N-ethyl adjacent to an activating group) is 1. The fourth-order valence-corrected chi connectivity index (χ4v) is 3.92. The number of benzene rings is 1. The summed E-state index contributed by atoms with van der Waals surface area (Å²) in [6.07, 6.45) is 2.49. The molecule has 3 rings (SSSR count). The third-order valence-corrected chi connectivity index (χ3v) is 4.96. The lowest BCUT2D eigenvalue weighted by Gasteiger charge is -2.33. The van der Waals surface area contributed by atoms with Crippen molar-refractivity contribution < 1.29 is 9.47 Å². The van der Waals surface area contributed by atoms with E-state index in [0.29, 0.717) is 0 Å². The molecule has 1 fully saturated rings. The third kappa shape index (κ3) is 2.97. The van der Waals surface area contributed by atoms with Gasteiger partial charge in [0.25, 0.3) is 0 Å². The molecule has 2 heterocycles. The van der Waals surface area contributed by atoms with E-state index >= 15 is 0 Å². The van der Waals surface area contributed by atoms with Gasteiger partial charge in [0, 0.05) is 17.1 Å². The lowest BCUT2D eigenvalue weighted by Crippen LogP contribution is -2.38. The molecule has 1 aromatic rings. The topological polar surface area (TPSA) is 30.5 Å². The molecule has 20 heavy (non-hydrogen) atoms. The predicted molar refractivity (Wildman–Crippen MR) is 83.7 cm³/mol. The van der Waals surface area contributed by atoms with Gasteiger partial charge < -0.3 is 14.8 Å². The van der Waals surface area contributed by atoms with Crippen LogP contribution in [0.2, 0.25) is 0 Å². The zero-order chi connectivity index (χ0) is 13.8. The SMILES string of the molecule is CCNC(c1cccc2c1OCCC2)C1CSCCO1. The number of ether oxygens (including phenoxy) is 2. The van der Waals surface area contributed by atoms with Gasteiger partial charge in [0.15, 0.2) is 0 Å². The summed E-state index contributed by atoms with van der Waals surface area (Å²) < 4.78 is 12.0. The van der Waals surface area contributed by atoms with Crippen LogP contribution in [0.1, 0.15) is 30.5 Å². The summed E-state index contributed by atoms with van der Waals surface area (Å²) >= 11 is 1.98. The maximum Gasteiger partial charge on any atom is 0.127 e. The van der Waals surface area contributed by atoms with Crippen LogP contribution in [-0.2, 0) is 11.2 Å². The first kappa shape index (κ1) is 14.2. The molecule has 2 atom stereocenters. The van der Waals surface area contributed by atoms with E-state index in [9.17, 15) is 0 Å². The first-order valence-electron chi connectivity index (χ1n) is 7.57. The molecular weight excluding hydrogens is 270 g/mol. The number of aryl methyl sites for hydroxylation is 1. The van der Waals surface area contributed by atoms with Crippen molar-refractivity contribution in [2.24, 2.45) is 0 Å². The lowest BCUT2D eigenvalue weighted by molar-refractivity contribution is 0.0462. The molecule has 2 aliphatic heterocycles. The second-order valence-electron chi connectivity index (χ2n) is 5.31. The van der Waals surface area contributed by atoms with Gasteiger partial charge in [0.1, 0.15) is 5.75 Å². The maximum absolute atomic E-state index is 6.00. The minimum atomic E-state index is 0.237. The van der Waals surface area contributed by atoms with Crippen molar-refractivity contribution in [3.63, 3.8) is 0 Å². The number of rotatable bonds is 4. The number of nitrogens with one attached hydrogen (secondary N) is 1. The highest BCUT2D eigenvalue weighted by Gasteiger charge is 2.29. The monoisotopic (exact) mass is 293 g/mol. The molecule has 1 N–H and O–H groups in total. The van der Waals surface area contributed by atoms with Crippen LogP contribution in [0.15, 0.2) is 18.2 Å². The average Bonchev–Trinajstić information content (AvgIpc) is 2.53. The number of thioether (sulfide) groups is 1. The first-order chi connectivity index (χ1) is 9.90. The summed E-state index contributed by atoms with van der Waals surface area (Å²) in [6, 6.07) is 6.78. The zero-order valence-electron chi connectivity index (χ0n) is 12.1. The lowest BCUT2D eigenvalue weighted by atomic mass is 9.95. The first-order valence-corrected chi connectivity index (χ1v) is 8.73. The standard InChI is InChI=1S/C16H23NO2S/c1-2-17-15(14-11-20-10-9-18-14)13-7-3-5-12-6-4-8-19-16(12)13/h3,5,7,14-15,17H,2,4,6,8-11H2,1H3. The quantitative estimate of drug-likeness (QED) is 0.925. The Bertz CT molecular complexity index is 446. The minimum absolute atomic E-state index is 0.237. The summed E-state index contributed by atoms with van der Waals surface area (Å²) in [6.45, 7) is 4.79. The molecular formula is C16H23NO2S. The van der Waals surface area contributed by atoms with Crippen molar-refractivity contribution in [3.8, 4) is 5.75 Å². The second kappa shape index (κ2) is 6.83. The van der Waals surface area contributed by atoms with Gasteiger partial charge in [-0.2, -0.15) is 11.8 Å². The normalized spacial score (nSPS) is 23.8. The van der Waals surface area contributed by atoms with Crippen LogP contribution < -0.4 is 10.1 Å². The Kier molecular flexibility index (Phi) is 4.86. The van der Waals surface area contributed by atoms with Gasteiger partial charge in [-0.15, -0.1) is 0 Å². The van der Waals surface area contributed by atoms with Gasteiger partial charge in [-0.3, -0.25) is 0 Å². The summed E-state index contributed by atoms with van der Waals surface area (Å²) in [7, 11) is 0. The summed E-state index contributed by atoms with van der Waals surface area (Å²) in [5, 5.41) is 3.60. The Morgan fingerprint density at radius 3 is 3.15 bits per heavy atom.